The second-order valence-corrected chi connectivity index (χ2v) is 5.00. The molecule has 0 aliphatic heterocycles. The van der Waals surface area contributed by atoms with E-state index in [1.54, 1.807) is 0 Å². The van der Waals surface area contributed by atoms with Gasteiger partial charge in [0, 0.05) is 6.61 Å². The smallest absolute Gasteiger partial charge is 0.241 e. The Hall–Kier alpha value is -1.39. The topological polar surface area (TPSA) is 64.3 Å². The third-order valence-electron chi connectivity index (χ3n) is 2.81. The predicted octanol–water partition coefficient (Wildman–Crippen LogP) is 1.65. The van der Waals surface area contributed by atoms with Gasteiger partial charge >= 0.3 is 0 Å². The first-order valence-corrected chi connectivity index (χ1v) is 6.19. The van der Waals surface area contributed by atoms with Crippen LogP contribution in [0.15, 0.2) is 30.3 Å². The number of hydrazine groups is 1. The first kappa shape index (κ1) is 14.7. The number of benzene rings is 1. The van der Waals surface area contributed by atoms with Crippen LogP contribution in [-0.2, 0) is 16.0 Å². The summed E-state index contributed by atoms with van der Waals surface area (Å²) in [6.07, 6.45) is 1.94. The SMILES string of the molecule is CC(C)(COCCCc1ccccc1)C(=O)NN. The maximum atomic E-state index is 11.4. The van der Waals surface area contributed by atoms with E-state index in [0.29, 0.717) is 13.2 Å². The van der Waals surface area contributed by atoms with Gasteiger partial charge in [0.05, 0.1) is 12.0 Å². The third kappa shape index (κ3) is 4.85. The van der Waals surface area contributed by atoms with E-state index in [1.165, 1.54) is 5.56 Å². The summed E-state index contributed by atoms with van der Waals surface area (Å²) in [5.41, 5.74) is 2.88. The lowest BCUT2D eigenvalue weighted by molar-refractivity contribution is -0.132. The molecule has 0 saturated carbocycles. The largest absolute Gasteiger partial charge is 0.380 e. The molecule has 1 aromatic carbocycles. The fraction of sp³-hybridized carbons (Fsp3) is 0.500. The fourth-order valence-corrected chi connectivity index (χ4v) is 1.61. The quantitative estimate of drug-likeness (QED) is 0.335. The van der Waals surface area contributed by atoms with Crippen molar-refractivity contribution in [2.75, 3.05) is 13.2 Å². The zero-order chi connectivity index (χ0) is 13.4. The average molecular weight is 250 g/mol. The van der Waals surface area contributed by atoms with Crippen LogP contribution in [0.25, 0.3) is 0 Å². The molecule has 3 N–H and O–H groups in total. The van der Waals surface area contributed by atoms with Gasteiger partial charge in [-0.15, -0.1) is 0 Å². The van der Waals surface area contributed by atoms with E-state index >= 15 is 0 Å². The van der Waals surface area contributed by atoms with E-state index in [1.807, 2.05) is 32.0 Å². The van der Waals surface area contributed by atoms with Gasteiger partial charge in [0.1, 0.15) is 0 Å². The lowest BCUT2D eigenvalue weighted by Gasteiger charge is -2.21. The molecule has 0 bridgehead atoms. The van der Waals surface area contributed by atoms with Crippen LogP contribution in [0.3, 0.4) is 0 Å². The Labute approximate surface area is 108 Å². The van der Waals surface area contributed by atoms with E-state index in [4.69, 9.17) is 10.6 Å². The Balaban J connectivity index is 2.17. The van der Waals surface area contributed by atoms with E-state index in [0.717, 1.165) is 12.8 Å². The molecule has 0 heterocycles. The zero-order valence-electron chi connectivity index (χ0n) is 11.1. The van der Waals surface area contributed by atoms with Crippen molar-refractivity contribution in [3.8, 4) is 0 Å². The van der Waals surface area contributed by atoms with E-state index in [-0.39, 0.29) is 5.91 Å². The summed E-state index contributed by atoms with van der Waals surface area (Å²) in [6, 6.07) is 10.3. The Morgan fingerprint density at radius 1 is 1.33 bits per heavy atom. The number of hydrogen-bond acceptors (Lipinski definition) is 3. The molecule has 1 rings (SSSR count). The normalized spacial score (nSPS) is 11.3. The highest BCUT2D eigenvalue weighted by Crippen LogP contribution is 2.15. The van der Waals surface area contributed by atoms with Crippen molar-refractivity contribution in [3.63, 3.8) is 0 Å². The molecule has 0 atom stereocenters. The fourth-order valence-electron chi connectivity index (χ4n) is 1.61. The number of nitrogens with one attached hydrogen (secondary N) is 1. The first-order chi connectivity index (χ1) is 8.56. The Bertz CT molecular complexity index is 363. The maximum absolute atomic E-state index is 11.4. The predicted molar refractivity (Wildman–Crippen MR) is 71.7 cm³/mol. The van der Waals surface area contributed by atoms with Gasteiger partial charge in [0.25, 0.3) is 0 Å². The lowest BCUT2D eigenvalue weighted by Crippen LogP contribution is -2.43. The van der Waals surface area contributed by atoms with Crippen molar-refractivity contribution in [1.82, 2.24) is 5.43 Å². The molecule has 4 nitrogen and oxygen atoms in total. The van der Waals surface area contributed by atoms with Crippen molar-refractivity contribution in [2.24, 2.45) is 11.3 Å². The summed E-state index contributed by atoms with van der Waals surface area (Å²) >= 11 is 0. The van der Waals surface area contributed by atoms with Crippen molar-refractivity contribution < 1.29 is 9.53 Å². The second kappa shape index (κ2) is 7.13. The highest BCUT2D eigenvalue weighted by atomic mass is 16.5. The highest BCUT2D eigenvalue weighted by molar-refractivity contribution is 5.81. The molecule has 0 aromatic heterocycles. The van der Waals surface area contributed by atoms with Gasteiger partial charge in [-0.3, -0.25) is 10.2 Å². The van der Waals surface area contributed by atoms with E-state index in [2.05, 4.69) is 17.6 Å². The first-order valence-electron chi connectivity index (χ1n) is 6.19. The number of rotatable bonds is 7. The Morgan fingerprint density at radius 2 is 2.00 bits per heavy atom. The van der Waals surface area contributed by atoms with Gasteiger partial charge in [-0.05, 0) is 32.3 Å². The zero-order valence-corrected chi connectivity index (χ0v) is 11.1. The van der Waals surface area contributed by atoms with Crippen molar-refractivity contribution in [2.45, 2.75) is 26.7 Å². The van der Waals surface area contributed by atoms with Gasteiger partial charge in [-0.2, -0.15) is 0 Å². The van der Waals surface area contributed by atoms with Crippen LogP contribution in [0.5, 0.6) is 0 Å². The van der Waals surface area contributed by atoms with Gasteiger partial charge in [0.2, 0.25) is 5.91 Å². The minimum Gasteiger partial charge on any atom is -0.380 e. The number of hydrogen-bond donors (Lipinski definition) is 2. The number of carbonyl (C=O) groups is 1. The summed E-state index contributed by atoms with van der Waals surface area (Å²) in [5, 5.41) is 0. The molecule has 0 unspecified atom stereocenters. The molecule has 0 spiro atoms. The van der Waals surface area contributed by atoms with Crippen LogP contribution in [0, 0.1) is 5.41 Å². The van der Waals surface area contributed by atoms with E-state index < -0.39 is 5.41 Å². The van der Waals surface area contributed by atoms with Gasteiger partial charge in [0.15, 0.2) is 0 Å². The molecule has 0 fully saturated rings. The molecule has 0 radical (unpaired) electrons. The lowest BCUT2D eigenvalue weighted by atomic mass is 9.94. The average Bonchev–Trinajstić information content (AvgIpc) is 2.38. The van der Waals surface area contributed by atoms with Crippen LogP contribution in [0.4, 0.5) is 0 Å². The molecule has 1 amide bonds. The number of amides is 1. The molecule has 1 aromatic rings. The molecule has 0 aliphatic rings. The molecule has 0 aliphatic carbocycles. The van der Waals surface area contributed by atoms with E-state index in [9.17, 15) is 4.79 Å². The number of carbonyl (C=O) groups excluding carboxylic acids is 1. The third-order valence-corrected chi connectivity index (χ3v) is 2.81. The molecule has 0 saturated heterocycles. The van der Waals surface area contributed by atoms with Crippen molar-refractivity contribution >= 4 is 5.91 Å². The standard InChI is InChI=1S/C14H22N2O2/c1-14(2,13(17)16-15)11-18-10-6-9-12-7-4-3-5-8-12/h3-5,7-8H,6,9-11,15H2,1-2H3,(H,16,17). The summed E-state index contributed by atoms with van der Waals surface area (Å²) in [6.45, 7) is 4.65. The number of aryl methyl sites for hydroxylation is 1. The molecule has 18 heavy (non-hydrogen) atoms. The summed E-state index contributed by atoms with van der Waals surface area (Å²) in [7, 11) is 0. The molecular formula is C14H22N2O2. The summed E-state index contributed by atoms with van der Waals surface area (Å²) in [5.74, 6) is 4.91. The maximum Gasteiger partial charge on any atom is 0.241 e. The minimum absolute atomic E-state index is 0.203. The Kier molecular flexibility index (Phi) is 5.82. The van der Waals surface area contributed by atoms with Crippen LogP contribution in [-0.4, -0.2) is 19.1 Å². The van der Waals surface area contributed by atoms with Crippen LogP contribution >= 0.6 is 0 Å². The molecular weight excluding hydrogens is 228 g/mol. The highest BCUT2D eigenvalue weighted by Gasteiger charge is 2.26. The van der Waals surface area contributed by atoms with Crippen molar-refractivity contribution in [1.29, 1.82) is 0 Å². The van der Waals surface area contributed by atoms with Gasteiger partial charge in [-0.25, -0.2) is 5.84 Å². The van der Waals surface area contributed by atoms with Crippen LogP contribution in [0.1, 0.15) is 25.8 Å². The second-order valence-electron chi connectivity index (χ2n) is 5.00. The Morgan fingerprint density at radius 3 is 2.61 bits per heavy atom. The minimum atomic E-state index is -0.582. The molecule has 4 heteroatoms. The summed E-state index contributed by atoms with van der Waals surface area (Å²) in [4.78, 5) is 11.4. The van der Waals surface area contributed by atoms with Crippen molar-refractivity contribution in [3.05, 3.63) is 35.9 Å². The van der Waals surface area contributed by atoms with Gasteiger partial charge < -0.3 is 4.74 Å². The van der Waals surface area contributed by atoms with Crippen LogP contribution in [0.2, 0.25) is 0 Å². The summed E-state index contributed by atoms with van der Waals surface area (Å²) < 4.78 is 5.53. The number of nitrogens with two attached hydrogens (primary N) is 1. The number of ether oxygens (including phenoxy) is 1. The van der Waals surface area contributed by atoms with Gasteiger partial charge in [-0.1, -0.05) is 30.3 Å². The molecule has 100 valence electrons. The van der Waals surface area contributed by atoms with Crippen LogP contribution < -0.4 is 11.3 Å². The monoisotopic (exact) mass is 250 g/mol.